The van der Waals surface area contributed by atoms with Crippen molar-refractivity contribution >= 4 is 5.78 Å². The van der Waals surface area contributed by atoms with E-state index in [1.54, 1.807) is 0 Å². The molecule has 1 saturated heterocycles. The van der Waals surface area contributed by atoms with Gasteiger partial charge in [0.2, 0.25) is 0 Å². The average molecular weight is 167 g/mol. The quantitative estimate of drug-likeness (QED) is 0.620. The van der Waals surface area contributed by atoms with E-state index in [0.717, 1.165) is 37.9 Å². The zero-order valence-corrected chi connectivity index (χ0v) is 7.75. The van der Waals surface area contributed by atoms with E-state index in [1.165, 1.54) is 12.8 Å². The molecule has 2 unspecified atom stereocenters. The Hall–Kier alpha value is -0.370. The Morgan fingerprint density at radius 1 is 1.42 bits per heavy atom. The molecule has 1 heterocycles. The third kappa shape index (κ3) is 1.53. The fraction of sp³-hybridized carbons (Fsp3) is 0.900. The molecule has 1 saturated carbocycles. The molecule has 68 valence electrons. The fourth-order valence-corrected chi connectivity index (χ4v) is 2.22. The summed E-state index contributed by atoms with van der Waals surface area (Å²) >= 11 is 0. The highest BCUT2D eigenvalue weighted by Gasteiger charge is 2.40. The molecule has 2 heteroatoms. The maximum Gasteiger partial charge on any atom is 0.135 e. The molecule has 2 rings (SSSR count). The minimum atomic E-state index is 0.458. The van der Waals surface area contributed by atoms with Crippen LogP contribution >= 0.6 is 0 Å². The zero-order valence-electron chi connectivity index (χ0n) is 7.75. The largest absolute Gasteiger partial charge is 0.300 e. The summed E-state index contributed by atoms with van der Waals surface area (Å²) < 4.78 is 0. The zero-order chi connectivity index (χ0) is 8.55. The first-order valence-corrected chi connectivity index (χ1v) is 5.07. The van der Waals surface area contributed by atoms with Crippen LogP contribution in [0.1, 0.15) is 32.6 Å². The minimum absolute atomic E-state index is 0.458. The monoisotopic (exact) mass is 167 g/mol. The van der Waals surface area contributed by atoms with Crippen molar-refractivity contribution in [3.63, 3.8) is 0 Å². The predicted molar refractivity (Wildman–Crippen MR) is 48.0 cm³/mol. The van der Waals surface area contributed by atoms with Gasteiger partial charge in [-0.25, -0.2) is 0 Å². The normalized spacial score (nSPS) is 36.9. The van der Waals surface area contributed by atoms with Gasteiger partial charge in [0.25, 0.3) is 0 Å². The van der Waals surface area contributed by atoms with Gasteiger partial charge in [-0.3, -0.25) is 9.69 Å². The molecule has 2 nitrogen and oxygen atoms in total. The Morgan fingerprint density at radius 2 is 2.08 bits per heavy atom. The first kappa shape index (κ1) is 8.24. The summed E-state index contributed by atoms with van der Waals surface area (Å²) in [5, 5.41) is 0. The van der Waals surface area contributed by atoms with E-state index in [-0.39, 0.29) is 0 Å². The molecule has 2 fully saturated rings. The molecule has 0 spiro atoms. The number of carbonyl (C=O) groups is 1. The number of rotatable bonds is 2. The number of Topliss-reactive ketones (excluding diaryl/α,β-unsaturated/α-hetero) is 1. The summed E-state index contributed by atoms with van der Waals surface area (Å²) in [6.07, 6.45) is 4.29. The van der Waals surface area contributed by atoms with E-state index in [0.29, 0.717) is 5.78 Å². The van der Waals surface area contributed by atoms with Crippen molar-refractivity contribution in [3.05, 3.63) is 0 Å². The summed E-state index contributed by atoms with van der Waals surface area (Å²) in [5.74, 6) is 1.40. The van der Waals surface area contributed by atoms with E-state index >= 15 is 0 Å². The Bertz CT molecular complexity index is 180. The standard InChI is InChI=1S/C10H17NO/c1-2-8-7-10(8)11-5-3-9(12)4-6-11/h8,10H,2-7H2,1H3. The highest BCUT2D eigenvalue weighted by molar-refractivity contribution is 5.79. The summed E-state index contributed by atoms with van der Waals surface area (Å²) in [7, 11) is 0. The van der Waals surface area contributed by atoms with Crippen LogP contribution in [0.25, 0.3) is 0 Å². The molecular weight excluding hydrogens is 150 g/mol. The van der Waals surface area contributed by atoms with Crippen molar-refractivity contribution in [1.82, 2.24) is 4.90 Å². The molecular formula is C10H17NO. The van der Waals surface area contributed by atoms with Crippen LogP contribution in [0.5, 0.6) is 0 Å². The molecule has 12 heavy (non-hydrogen) atoms. The highest BCUT2D eigenvalue weighted by Crippen LogP contribution is 2.38. The van der Waals surface area contributed by atoms with Gasteiger partial charge in [-0.15, -0.1) is 0 Å². The lowest BCUT2D eigenvalue weighted by molar-refractivity contribution is -0.121. The number of likely N-dealkylation sites (tertiary alicyclic amines) is 1. The summed E-state index contributed by atoms with van der Waals surface area (Å²) in [6, 6.07) is 0.836. The van der Waals surface area contributed by atoms with Gasteiger partial charge >= 0.3 is 0 Å². The second-order valence-electron chi connectivity index (χ2n) is 4.05. The van der Waals surface area contributed by atoms with Crippen molar-refractivity contribution < 1.29 is 4.79 Å². The predicted octanol–water partition coefficient (Wildman–Crippen LogP) is 1.45. The van der Waals surface area contributed by atoms with Gasteiger partial charge in [-0.05, 0) is 12.3 Å². The summed E-state index contributed by atoms with van der Waals surface area (Å²) in [4.78, 5) is 13.5. The lowest BCUT2D eigenvalue weighted by Gasteiger charge is -2.26. The molecule has 0 aromatic heterocycles. The maximum atomic E-state index is 11.0. The number of hydrogen-bond donors (Lipinski definition) is 0. The first-order valence-electron chi connectivity index (χ1n) is 5.07. The Labute approximate surface area is 73.9 Å². The topological polar surface area (TPSA) is 20.3 Å². The number of piperidine rings is 1. The lowest BCUT2D eigenvalue weighted by atomic mass is 10.1. The van der Waals surface area contributed by atoms with Crippen molar-refractivity contribution in [2.75, 3.05) is 13.1 Å². The smallest absolute Gasteiger partial charge is 0.135 e. The summed E-state index contributed by atoms with van der Waals surface area (Å²) in [6.45, 7) is 4.32. The van der Waals surface area contributed by atoms with Gasteiger partial charge in [0, 0.05) is 32.0 Å². The van der Waals surface area contributed by atoms with Gasteiger partial charge in [-0.1, -0.05) is 13.3 Å². The fourth-order valence-electron chi connectivity index (χ4n) is 2.22. The number of ketones is 1. The van der Waals surface area contributed by atoms with Crippen LogP contribution in [0.4, 0.5) is 0 Å². The molecule has 0 radical (unpaired) electrons. The van der Waals surface area contributed by atoms with E-state index in [2.05, 4.69) is 11.8 Å². The first-order chi connectivity index (χ1) is 5.81. The van der Waals surface area contributed by atoms with Crippen LogP contribution < -0.4 is 0 Å². The van der Waals surface area contributed by atoms with Crippen LogP contribution in [0.15, 0.2) is 0 Å². The molecule has 0 amide bonds. The van der Waals surface area contributed by atoms with E-state index in [9.17, 15) is 4.79 Å². The van der Waals surface area contributed by atoms with Gasteiger partial charge < -0.3 is 0 Å². The van der Waals surface area contributed by atoms with Crippen LogP contribution in [-0.2, 0) is 4.79 Å². The van der Waals surface area contributed by atoms with Crippen LogP contribution in [0, 0.1) is 5.92 Å². The molecule has 0 bridgehead atoms. The molecule has 2 atom stereocenters. The molecule has 0 N–H and O–H groups in total. The molecule has 1 aliphatic heterocycles. The number of hydrogen-bond acceptors (Lipinski definition) is 2. The summed E-state index contributed by atoms with van der Waals surface area (Å²) in [5.41, 5.74) is 0. The number of nitrogens with zero attached hydrogens (tertiary/aromatic N) is 1. The van der Waals surface area contributed by atoms with E-state index < -0.39 is 0 Å². The molecule has 0 aromatic carbocycles. The van der Waals surface area contributed by atoms with Gasteiger partial charge in [-0.2, -0.15) is 0 Å². The Balaban J connectivity index is 1.80. The number of carbonyl (C=O) groups excluding carboxylic acids is 1. The van der Waals surface area contributed by atoms with Gasteiger partial charge in [0.15, 0.2) is 0 Å². The van der Waals surface area contributed by atoms with E-state index in [1.807, 2.05) is 0 Å². The van der Waals surface area contributed by atoms with Crippen molar-refractivity contribution in [2.24, 2.45) is 5.92 Å². The van der Waals surface area contributed by atoms with Gasteiger partial charge in [0.05, 0.1) is 0 Å². The van der Waals surface area contributed by atoms with Gasteiger partial charge in [0.1, 0.15) is 5.78 Å². The second-order valence-corrected chi connectivity index (χ2v) is 4.05. The van der Waals surface area contributed by atoms with Crippen LogP contribution in [-0.4, -0.2) is 29.8 Å². The SMILES string of the molecule is CCC1CC1N1CCC(=O)CC1. The van der Waals surface area contributed by atoms with Crippen molar-refractivity contribution in [3.8, 4) is 0 Å². The van der Waals surface area contributed by atoms with Crippen molar-refractivity contribution in [2.45, 2.75) is 38.6 Å². The van der Waals surface area contributed by atoms with Crippen LogP contribution in [0.2, 0.25) is 0 Å². The van der Waals surface area contributed by atoms with Crippen LogP contribution in [0.3, 0.4) is 0 Å². The minimum Gasteiger partial charge on any atom is -0.300 e. The average Bonchev–Trinajstić information content (AvgIpc) is 2.85. The second kappa shape index (κ2) is 3.17. The van der Waals surface area contributed by atoms with Crippen molar-refractivity contribution in [1.29, 1.82) is 0 Å². The third-order valence-corrected chi connectivity index (χ3v) is 3.23. The third-order valence-electron chi connectivity index (χ3n) is 3.23. The molecule has 0 aromatic rings. The Kier molecular flexibility index (Phi) is 2.18. The molecule has 2 aliphatic rings. The Morgan fingerprint density at radius 3 is 2.58 bits per heavy atom. The lowest BCUT2D eigenvalue weighted by Crippen LogP contribution is -2.36. The maximum absolute atomic E-state index is 11.0. The molecule has 1 aliphatic carbocycles. The highest BCUT2D eigenvalue weighted by atomic mass is 16.1. The van der Waals surface area contributed by atoms with E-state index in [4.69, 9.17) is 0 Å².